The summed E-state index contributed by atoms with van der Waals surface area (Å²) in [5.74, 6) is 1.90. The average molecular weight is 425 g/mol. The molecule has 0 saturated carbocycles. The Morgan fingerprint density at radius 1 is 0.968 bits per heavy atom. The number of imidazole rings is 1. The molecule has 8 heteroatoms. The quantitative estimate of drug-likeness (QED) is 0.311. The van der Waals surface area contributed by atoms with Gasteiger partial charge in [0.05, 0.1) is 28.7 Å². The normalized spacial score (nSPS) is 10.9. The van der Waals surface area contributed by atoms with Crippen LogP contribution >= 0.6 is 11.8 Å². The van der Waals surface area contributed by atoms with Gasteiger partial charge in [0.25, 0.3) is 5.56 Å². The summed E-state index contributed by atoms with van der Waals surface area (Å²) in [5, 5.41) is 10.0. The van der Waals surface area contributed by atoms with E-state index in [-0.39, 0.29) is 5.56 Å². The molecule has 3 aromatic heterocycles. The summed E-state index contributed by atoms with van der Waals surface area (Å²) in [5.41, 5.74) is 3.06. The van der Waals surface area contributed by atoms with Gasteiger partial charge in [-0.3, -0.25) is 4.79 Å². The molecule has 0 amide bonds. The molecule has 0 aliphatic heterocycles. The van der Waals surface area contributed by atoms with Crippen molar-refractivity contribution in [1.29, 1.82) is 5.26 Å². The van der Waals surface area contributed by atoms with E-state index in [1.54, 1.807) is 12.3 Å². The zero-order valence-electron chi connectivity index (χ0n) is 16.1. The standard InChI is InChI=1S/C23H15N5O2S/c24-12-16-21(15-7-2-1-6-14(15)19-10-5-11-30-19)27-23(28-22(16)29)31-13-20-25-17-8-3-4-9-18(17)26-20/h1-11H,13H2,(H,25,26)(H,27,28,29). The van der Waals surface area contributed by atoms with Crippen LogP contribution in [0.15, 0.2) is 81.3 Å². The molecule has 5 rings (SSSR count). The van der Waals surface area contributed by atoms with Gasteiger partial charge in [0, 0.05) is 11.1 Å². The Morgan fingerprint density at radius 3 is 2.55 bits per heavy atom. The molecular formula is C23H15N5O2S. The summed E-state index contributed by atoms with van der Waals surface area (Å²) in [4.78, 5) is 27.8. The summed E-state index contributed by atoms with van der Waals surface area (Å²) in [6.07, 6.45) is 1.58. The Hall–Kier alpha value is -4.09. The van der Waals surface area contributed by atoms with E-state index in [1.165, 1.54) is 11.8 Å². The van der Waals surface area contributed by atoms with Crippen molar-refractivity contribution in [2.24, 2.45) is 0 Å². The van der Waals surface area contributed by atoms with Gasteiger partial charge in [0.2, 0.25) is 0 Å². The minimum Gasteiger partial charge on any atom is -0.464 e. The fourth-order valence-corrected chi connectivity index (χ4v) is 4.10. The van der Waals surface area contributed by atoms with E-state index in [0.717, 1.165) is 22.4 Å². The van der Waals surface area contributed by atoms with Crippen LogP contribution in [0, 0.1) is 11.3 Å². The van der Waals surface area contributed by atoms with E-state index in [4.69, 9.17) is 4.42 Å². The molecule has 5 aromatic rings. The van der Waals surface area contributed by atoms with Crippen molar-refractivity contribution in [2.45, 2.75) is 10.9 Å². The highest BCUT2D eigenvalue weighted by molar-refractivity contribution is 7.98. The van der Waals surface area contributed by atoms with Gasteiger partial charge in [-0.25, -0.2) is 9.97 Å². The van der Waals surface area contributed by atoms with Crippen LogP contribution in [0.4, 0.5) is 0 Å². The van der Waals surface area contributed by atoms with Gasteiger partial charge in [0.1, 0.15) is 23.2 Å². The third-order valence-corrected chi connectivity index (χ3v) is 5.65. The van der Waals surface area contributed by atoms with Crippen molar-refractivity contribution < 1.29 is 4.42 Å². The molecule has 2 aromatic carbocycles. The van der Waals surface area contributed by atoms with Crippen LogP contribution in [0.1, 0.15) is 11.4 Å². The Morgan fingerprint density at radius 2 is 1.77 bits per heavy atom. The number of hydrogen-bond donors (Lipinski definition) is 2. The number of benzene rings is 2. The second kappa shape index (κ2) is 7.97. The Balaban J connectivity index is 1.53. The number of rotatable bonds is 5. The lowest BCUT2D eigenvalue weighted by Gasteiger charge is -2.09. The molecule has 7 nitrogen and oxygen atoms in total. The predicted molar refractivity (Wildman–Crippen MR) is 118 cm³/mol. The van der Waals surface area contributed by atoms with E-state index in [1.807, 2.05) is 60.7 Å². The first-order chi connectivity index (χ1) is 15.2. The largest absolute Gasteiger partial charge is 0.464 e. The van der Waals surface area contributed by atoms with Crippen molar-refractivity contribution in [1.82, 2.24) is 19.9 Å². The van der Waals surface area contributed by atoms with Crippen LogP contribution in [-0.2, 0) is 5.75 Å². The van der Waals surface area contributed by atoms with Crippen LogP contribution in [0.5, 0.6) is 0 Å². The third kappa shape index (κ3) is 3.63. The number of nitrogens with zero attached hydrogens (tertiary/aromatic N) is 3. The summed E-state index contributed by atoms with van der Waals surface area (Å²) in [6.45, 7) is 0. The highest BCUT2D eigenvalue weighted by Crippen LogP contribution is 2.33. The summed E-state index contributed by atoms with van der Waals surface area (Å²) < 4.78 is 5.54. The highest BCUT2D eigenvalue weighted by Gasteiger charge is 2.18. The maximum absolute atomic E-state index is 12.6. The molecule has 3 heterocycles. The van der Waals surface area contributed by atoms with Crippen LogP contribution in [0.3, 0.4) is 0 Å². The van der Waals surface area contributed by atoms with Gasteiger partial charge in [-0.1, -0.05) is 48.2 Å². The molecule has 0 aliphatic carbocycles. The lowest BCUT2D eigenvalue weighted by Crippen LogP contribution is -2.15. The summed E-state index contributed by atoms with van der Waals surface area (Å²) >= 11 is 1.34. The molecule has 0 bridgehead atoms. The fraction of sp³-hybridized carbons (Fsp3) is 0.0435. The Bertz CT molecular complexity index is 1450. The van der Waals surface area contributed by atoms with Gasteiger partial charge in [-0.05, 0) is 24.3 Å². The number of nitrogens with one attached hydrogen (secondary N) is 2. The predicted octanol–water partition coefficient (Wildman–Crippen LogP) is 4.74. The Kier molecular flexibility index (Phi) is 4.86. The molecule has 0 radical (unpaired) electrons. The fourth-order valence-electron chi connectivity index (χ4n) is 3.37. The van der Waals surface area contributed by atoms with Crippen LogP contribution in [0.25, 0.3) is 33.6 Å². The van der Waals surface area contributed by atoms with Crippen molar-refractivity contribution in [2.75, 3.05) is 0 Å². The van der Waals surface area contributed by atoms with Gasteiger partial charge in [-0.15, -0.1) is 0 Å². The maximum Gasteiger partial charge on any atom is 0.270 e. The van der Waals surface area contributed by atoms with Crippen molar-refractivity contribution in [3.8, 4) is 28.7 Å². The molecule has 0 unspecified atom stereocenters. The number of thioether (sulfide) groups is 1. The van der Waals surface area contributed by atoms with Crippen molar-refractivity contribution in [3.63, 3.8) is 0 Å². The van der Waals surface area contributed by atoms with Crippen molar-refractivity contribution >= 4 is 22.8 Å². The van der Waals surface area contributed by atoms with Crippen LogP contribution < -0.4 is 5.56 Å². The SMILES string of the molecule is N#Cc1c(-c2ccccc2-c2ccco2)nc(SCc2nc3ccccc3[nH]2)[nH]c1=O. The number of H-pyrrole nitrogens is 2. The molecular weight excluding hydrogens is 410 g/mol. The van der Waals surface area contributed by atoms with Gasteiger partial charge in [-0.2, -0.15) is 5.26 Å². The zero-order chi connectivity index (χ0) is 21.2. The first kappa shape index (κ1) is 18.9. The first-order valence-electron chi connectivity index (χ1n) is 9.47. The smallest absolute Gasteiger partial charge is 0.270 e. The molecule has 31 heavy (non-hydrogen) atoms. The molecule has 2 N–H and O–H groups in total. The number of aromatic amines is 2. The number of furan rings is 1. The second-order valence-corrected chi connectivity index (χ2v) is 7.68. The topological polar surface area (TPSA) is 111 Å². The maximum atomic E-state index is 12.6. The molecule has 150 valence electrons. The van der Waals surface area contributed by atoms with Crippen LogP contribution in [-0.4, -0.2) is 19.9 Å². The second-order valence-electron chi connectivity index (χ2n) is 6.72. The van der Waals surface area contributed by atoms with E-state index in [9.17, 15) is 10.1 Å². The van der Waals surface area contributed by atoms with Gasteiger partial charge < -0.3 is 14.4 Å². The number of nitriles is 1. The average Bonchev–Trinajstić information content (AvgIpc) is 3.47. The van der Waals surface area contributed by atoms with E-state index in [2.05, 4.69) is 19.9 Å². The lowest BCUT2D eigenvalue weighted by molar-refractivity contribution is 0.582. The molecule has 0 atom stereocenters. The minimum atomic E-state index is -0.478. The first-order valence-corrected chi connectivity index (χ1v) is 10.5. The zero-order valence-corrected chi connectivity index (χ0v) is 16.9. The molecule has 0 aliphatic rings. The number of para-hydroxylation sites is 2. The van der Waals surface area contributed by atoms with E-state index in [0.29, 0.717) is 27.9 Å². The number of aromatic nitrogens is 4. The van der Waals surface area contributed by atoms with Gasteiger partial charge in [0.15, 0.2) is 5.16 Å². The Labute approximate surface area is 180 Å². The van der Waals surface area contributed by atoms with E-state index >= 15 is 0 Å². The number of hydrogen-bond acceptors (Lipinski definition) is 6. The third-order valence-electron chi connectivity index (χ3n) is 4.76. The number of fused-ring (bicyclic) bond motifs is 1. The van der Waals surface area contributed by atoms with Crippen LogP contribution in [0.2, 0.25) is 0 Å². The molecule has 0 fully saturated rings. The molecule has 0 spiro atoms. The highest BCUT2D eigenvalue weighted by atomic mass is 32.2. The van der Waals surface area contributed by atoms with E-state index < -0.39 is 5.56 Å². The lowest BCUT2D eigenvalue weighted by atomic mass is 10.00. The monoisotopic (exact) mass is 425 g/mol. The summed E-state index contributed by atoms with van der Waals surface area (Å²) in [7, 11) is 0. The van der Waals surface area contributed by atoms with Crippen molar-refractivity contribution in [3.05, 3.63) is 88.7 Å². The summed E-state index contributed by atoms with van der Waals surface area (Å²) in [6, 6.07) is 20.8. The van der Waals surface area contributed by atoms with Gasteiger partial charge >= 0.3 is 0 Å². The minimum absolute atomic E-state index is 0.0351. The molecule has 0 saturated heterocycles.